The van der Waals surface area contributed by atoms with Crippen LogP contribution in [0.2, 0.25) is 0 Å². The molecule has 4 heterocycles. The van der Waals surface area contributed by atoms with Crippen molar-refractivity contribution in [2.45, 2.75) is 260 Å². The van der Waals surface area contributed by atoms with Crippen LogP contribution in [-0.4, -0.2) is 243 Å². The highest BCUT2D eigenvalue weighted by Gasteiger charge is 2.74. The van der Waals surface area contributed by atoms with E-state index in [1.165, 1.54) is 6.92 Å². The SMILES string of the molecule is CC(C)=CCC[C@](C)(O[C@@H]1O[C@H](CO[C@@H]2O[C@H](CO)[C@@H](O)[C@H](O)[C@H]2O)[C@@H](O)[C@H](O)[C@H]1O)[C@H]1CC[C@]2(C)[C@@H]1[C@H](O)C[C@@H]1[C@@]3(C)CC[C@H](O)C(C)(C)[C@@H]3[C@@H](O[C@@H]3O[C@H](CO)[C@@H](O)[C@H](O)[C@H]3O[C@@H]3O[C@@H](C)[C@H](O)[C@@H](O)[C@H]3O)C[C@]12C. The summed E-state index contributed by atoms with van der Waals surface area (Å²) < 4.78 is 49.8. The summed E-state index contributed by atoms with van der Waals surface area (Å²) in [5, 5.41) is 165. The number of hydrogen-bond acceptors (Lipinski definition) is 23. The molecular weight excluding hydrogens is 1020 g/mol. The van der Waals surface area contributed by atoms with Crippen molar-refractivity contribution in [1.82, 2.24) is 0 Å². The molecule has 15 N–H and O–H groups in total. The van der Waals surface area contributed by atoms with Crippen LogP contribution in [0, 0.1) is 45.3 Å². The Morgan fingerprint density at radius 2 is 1.17 bits per heavy atom. The van der Waals surface area contributed by atoms with Crippen LogP contribution in [0.3, 0.4) is 0 Å². The summed E-state index contributed by atoms with van der Waals surface area (Å²) in [7, 11) is 0. The Labute approximate surface area is 450 Å². The minimum absolute atomic E-state index is 0.152. The van der Waals surface area contributed by atoms with Crippen molar-refractivity contribution in [3.8, 4) is 0 Å². The molecule has 0 bridgehead atoms. The summed E-state index contributed by atoms with van der Waals surface area (Å²) in [4.78, 5) is 0. The first kappa shape index (κ1) is 61.9. The maximum absolute atomic E-state index is 12.9. The lowest BCUT2D eigenvalue weighted by molar-refractivity contribution is -0.382. The van der Waals surface area contributed by atoms with Gasteiger partial charge in [-0.25, -0.2) is 0 Å². The number of fused-ring (bicyclic) bond motifs is 5. The molecule has 4 aliphatic carbocycles. The smallest absolute Gasteiger partial charge is 0.187 e. The van der Waals surface area contributed by atoms with Crippen LogP contribution in [0.15, 0.2) is 11.6 Å². The van der Waals surface area contributed by atoms with Gasteiger partial charge in [-0.1, -0.05) is 46.3 Å². The fourth-order valence-electron chi connectivity index (χ4n) is 16.3. The lowest BCUT2D eigenvalue weighted by atomic mass is 9.34. The molecule has 23 nitrogen and oxygen atoms in total. The molecule has 0 unspecified atom stereocenters. The van der Waals surface area contributed by atoms with Crippen LogP contribution in [0.5, 0.6) is 0 Å². The van der Waals surface area contributed by atoms with Gasteiger partial charge in [-0.2, -0.15) is 0 Å². The Balaban J connectivity index is 1.11. The first-order valence-electron chi connectivity index (χ1n) is 27.8. The second kappa shape index (κ2) is 23.1. The van der Waals surface area contributed by atoms with Crippen molar-refractivity contribution in [2.24, 2.45) is 45.3 Å². The third kappa shape index (κ3) is 10.8. The summed E-state index contributed by atoms with van der Waals surface area (Å²) in [6, 6.07) is 0. The third-order valence-electron chi connectivity index (χ3n) is 20.8. The molecule has 446 valence electrons. The van der Waals surface area contributed by atoms with Crippen molar-refractivity contribution in [1.29, 1.82) is 0 Å². The molecule has 77 heavy (non-hydrogen) atoms. The molecule has 31 atom stereocenters. The zero-order chi connectivity index (χ0) is 56.8. The number of hydrogen-bond donors (Lipinski definition) is 15. The fraction of sp³-hybridized carbons (Fsp3) is 0.963. The topological polar surface area (TPSA) is 377 Å². The van der Waals surface area contributed by atoms with E-state index in [-0.39, 0.29) is 5.92 Å². The zero-order valence-electron chi connectivity index (χ0n) is 45.9. The maximum Gasteiger partial charge on any atom is 0.187 e. The Kier molecular flexibility index (Phi) is 18.6. The summed E-state index contributed by atoms with van der Waals surface area (Å²) >= 11 is 0. The summed E-state index contributed by atoms with van der Waals surface area (Å²) in [6.45, 7) is 15.9. The standard InChI is InChI=1S/C54H92O23/c1-22(2)11-10-14-54(9,77-48-43(69)39(65)36(62)29(75-48)21-70-46-41(67)38(64)34(60)27(19-55)73-46)24-12-16-52(7)32(24)25(57)17-30-51(6)15-13-31(58)50(4,5)45(51)26(18-53(30,52)8)72-49-44(40(66)35(61)28(20-56)74-49)76-47-42(68)37(63)33(59)23(3)71-47/h11,23-49,55-69H,10,12-21H2,1-9H3/t23-,24-,25+,26-,27+,28+,29+,30+,31-,32-,33-,34+,35+,36+,37+,38-,39-,40-,41+,42+,43+,44+,45-,46+,47-,48-,49+,51+,52+,53+,54-/m0/s1. The molecule has 4 saturated heterocycles. The largest absolute Gasteiger partial charge is 0.394 e. The normalized spacial score (nSPS) is 53.6. The van der Waals surface area contributed by atoms with E-state index in [9.17, 15) is 76.6 Å². The van der Waals surface area contributed by atoms with Gasteiger partial charge in [0.2, 0.25) is 0 Å². The average molecular weight is 1110 g/mol. The monoisotopic (exact) mass is 1110 g/mol. The van der Waals surface area contributed by atoms with E-state index in [4.69, 9.17) is 37.9 Å². The number of aliphatic hydroxyl groups excluding tert-OH is 15. The van der Waals surface area contributed by atoms with E-state index in [2.05, 4.69) is 26.8 Å². The molecule has 0 aromatic rings. The number of allylic oxidation sites excluding steroid dienone is 2. The van der Waals surface area contributed by atoms with Crippen molar-refractivity contribution in [3.63, 3.8) is 0 Å². The van der Waals surface area contributed by atoms with Crippen molar-refractivity contribution in [2.75, 3.05) is 19.8 Å². The molecule has 4 saturated carbocycles. The first-order valence-corrected chi connectivity index (χ1v) is 27.8. The number of aliphatic hydroxyl groups is 15. The zero-order valence-corrected chi connectivity index (χ0v) is 45.9. The highest BCUT2D eigenvalue weighted by atomic mass is 16.8. The highest BCUT2D eigenvalue weighted by molar-refractivity contribution is 5.22. The quantitative estimate of drug-likeness (QED) is 0.0611. The molecule has 8 aliphatic rings. The molecule has 0 amide bonds. The van der Waals surface area contributed by atoms with E-state index in [0.717, 1.165) is 5.57 Å². The van der Waals surface area contributed by atoms with Crippen molar-refractivity contribution < 1.29 is 114 Å². The Hall–Kier alpha value is -1.18. The van der Waals surface area contributed by atoms with Crippen LogP contribution in [0.4, 0.5) is 0 Å². The lowest BCUT2D eigenvalue weighted by Gasteiger charge is -2.72. The number of rotatable bonds is 15. The van der Waals surface area contributed by atoms with E-state index < -0.39 is 206 Å². The maximum atomic E-state index is 12.9. The van der Waals surface area contributed by atoms with E-state index in [1.807, 2.05) is 34.6 Å². The Bertz CT molecular complexity index is 2010. The number of ether oxygens (including phenoxy) is 8. The van der Waals surface area contributed by atoms with Gasteiger partial charge in [0.15, 0.2) is 25.2 Å². The van der Waals surface area contributed by atoms with Gasteiger partial charge < -0.3 is 114 Å². The summed E-state index contributed by atoms with van der Waals surface area (Å²) in [6.07, 6.45) is -28.4. The molecule has 8 rings (SSSR count). The van der Waals surface area contributed by atoms with Gasteiger partial charge in [-0.3, -0.25) is 0 Å². The van der Waals surface area contributed by atoms with Crippen molar-refractivity contribution >= 4 is 0 Å². The molecule has 0 aromatic heterocycles. The van der Waals surface area contributed by atoms with Crippen LogP contribution in [0.1, 0.15) is 114 Å². The van der Waals surface area contributed by atoms with Crippen LogP contribution in [-0.2, 0) is 37.9 Å². The van der Waals surface area contributed by atoms with Crippen LogP contribution in [0.25, 0.3) is 0 Å². The average Bonchev–Trinajstić information content (AvgIpc) is 3.86. The van der Waals surface area contributed by atoms with Gasteiger partial charge in [0.25, 0.3) is 0 Å². The molecule has 0 aromatic carbocycles. The Morgan fingerprint density at radius 3 is 1.79 bits per heavy atom. The van der Waals surface area contributed by atoms with Gasteiger partial charge >= 0.3 is 0 Å². The molecule has 0 radical (unpaired) electrons. The van der Waals surface area contributed by atoms with Gasteiger partial charge in [-0.15, -0.1) is 0 Å². The predicted molar refractivity (Wildman–Crippen MR) is 266 cm³/mol. The summed E-state index contributed by atoms with van der Waals surface area (Å²) in [5.74, 6) is -1.45. The fourth-order valence-corrected chi connectivity index (χ4v) is 16.3. The molecule has 8 fully saturated rings. The van der Waals surface area contributed by atoms with Crippen molar-refractivity contribution in [3.05, 3.63) is 11.6 Å². The highest BCUT2D eigenvalue weighted by Crippen LogP contribution is 2.76. The predicted octanol–water partition coefficient (Wildman–Crippen LogP) is -2.20. The van der Waals surface area contributed by atoms with Crippen LogP contribution < -0.4 is 0 Å². The van der Waals surface area contributed by atoms with Gasteiger partial charge in [-0.05, 0) is 124 Å². The first-order chi connectivity index (χ1) is 35.9. The van der Waals surface area contributed by atoms with Gasteiger partial charge in [0, 0.05) is 0 Å². The Morgan fingerprint density at radius 1 is 0.610 bits per heavy atom. The van der Waals surface area contributed by atoms with Gasteiger partial charge in [0.1, 0.15) is 91.6 Å². The van der Waals surface area contributed by atoms with E-state index >= 15 is 0 Å². The van der Waals surface area contributed by atoms with E-state index in [0.29, 0.717) is 51.4 Å². The summed E-state index contributed by atoms with van der Waals surface area (Å²) in [5.41, 5.74) is -2.90. The second-order valence-electron chi connectivity index (χ2n) is 25.9. The molecule has 0 spiro atoms. The molecular formula is C54H92O23. The third-order valence-corrected chi connectivity index (χ3v) is 20.8. The molecule has 4 aliphatic heterocycles. The minimum atomic E-state index is -1.81. The lowest BCUT2D eigenvalue weighted by Crippen LogP contribution is -2.71. The van der Waals surface area contributed by atoms with Gasteiger partial charge in [0.05, 0.1) is 49.8 Å². The second-order valence-corrected chi connectivity index (χ2v) is 25.9. The van der Waals surface area contributed by atoms with Crippen LogP contribution >= 0.6 is 0 Å². The van der Waals surface area contributed by atoms with E-state index in [1.54, 1.807) is 0 Å². The minimum Gasteiger partial charge on any atom is -0.394 e. The molecule has 23 heteroatoms.